The molecule has 0 fully saturated rings. The van der Waals surface area contributed by atoms with Crippen LogP contribution in [0.4, 0.5) is 0 Å². The molecule has 1 atom stereocenters. The summed E-state index contributed by atoms with van der Waals surface area (Å²) in [5.74, 6) is 0.897. The van der Waals surface area contributed by atoms with Crippen LogP contribution in [-0.4, -0.2) is 28.1 Å². The predicted octanol–water partition coefficient (Wildman–Crippen LogP) is 2.09. The molecule has 1 aliphatic heterocycles. The van der Waals surface area contributed by atoms with Gasteiger partial charge in [-0.1, -0.05) is 6.92 Å². The Morgan fingerprint density at radius 1 is 1.55 bits per heavy atom. The Kier molecular flexibility index (Phi) is 3.44. The smallest absolute Gasteiger partial charge is 0.251 e. The maximum atomic E-state index is 12.1. The first-order valence-electron chi connectivity index (χ1n) is 7.07. The minimum atomic E-state index is -0.0385. The topological polar surface area (TPSA) is 56.2 Å². The van der Waals surface area contributed by atoms with Gasteiger partial charge in [-0.3, -0.25) is 4.79 Å². The highest BCUT2D eigenvalue weighted by Crippen LogP contribution is 2.21. The van der Waals surface area contributed by atoms with Gasteiger partial charge in [-0.05, 0) is 31.5 Å². The monoisotopic (exact) mass is 273 g/mol. The first-order valence-corrected chi connectivity index (χ1v) is 7.07. The fourth-order valence-corrected chi connectivity index (χ4v) is 2.41. The summed E-state index contributed by atoms with van der Waals surface area (Å²) in [6.45, 7) is 6.14. The van der Waals surface area contributed by atoms with Crippen LogP contribution >= 0.6 is 0 Å². The molecular weight excluding hydrogens is 254 g/mol. The molecule has 1 amide bonds. The van der Waals surface area contributed by atoms with Crippen molar-refractivity contribution < 1.29 is 9.53 Å². The lowest BCUT2D eigenvalue weighted by atomic mass is 10.1. The minimum Gasteiger partial charge on any atom is -0.372 e. The van der Waals surface area contributed by atoms with Crippen LogP contribution in [0.3, 0.4) is 0 Å². The second kappa shape index (κ2) is 5.25. The summed E-state index contributed by atoms with van der Waals surface area (Å²) in [6.07, 6.45) is 0.921. The van der Waals surface area contributed by atoms with Crippen molar-refractivity contribution in [2.24, 2.45) is 0 Å². The van der Waals surface area contributed by atoms with E-state index in [0.29, 0.717) is 18.8 Å². The summed E-state index contributed by atoms with van der Waals surface area (Å²) in [6, 6.07) is 5.88. The van der Waals surface area contributed by atoms with E-state index < -0.39 is 0 Å². The van der Waals surface area contributed by atoms with Crippen molar-refractivity contribution in [3.8, 4) is 0 Å². The SMILES string of the molecule is CCC(C)NC(=O)c1ccc2c(c1)nc1n2CCOC1. The molecular formula is C15H19N3O2. The summed E-state index contributed by atoms with van der Waals surface area (Å²) < 4.78 is 7.57. The molecule has 3 rings (SSSR count). The Hall–Kier alpha value is -1.88. The van der Waals surface area contributed by atoms with Gasteiger partial charge in [0.2, 0.25) is 0 Å². The van der Waals surface area contributed by atoms with Gasteiger partial charge in [0.05, 0.1) is 17.6 Å². The van der Waals surface area contributed by atoms with Crippen molar-refractivity contribution in [1.29, 1.82) is 0 Å². The van der Waals surface area contributed by atoms with Crippen LogP contribution in [0.2, 0.25) is 0 Å². The highest BCUT2D eigenvalue weighted by Gasteiger charge is 2.16. The fourth-order valence-electron chi connectivity index (χ4n) is 2.41. The van der Waals surface area contributed by atoms with Crippen molar-refractivity contribution >= 4 is 16.9 Å². The van der Waals surface area contributed by atoms with Gasteiger partial charge >= 0.3 is 0 Å². The van der Waals surface area contributed by atoms with Gasteiger partial charge in [-0.2, -0.15) is 0 Å². The molecule has 5 nitrogen and oxygen atoms in total. The molecule has 0 bridgehead atoms. The summed E-state index contributed by atoms with van der Waals surface area (Å²) in [5.41, 5.74) is 2.60. The molecule has 5 heteroatoms. The molecule has 0 radical (unpaired) electrons. The number of carbonyl (C=O) groups is 1. The summed E-state index contributed by atoms with van der Waals surface area (Å²) >= 11 is 0. The average molecular weight is 273 g/mol. The lowest BCUT2D eigenvalue weighted by molar-refractivity contribution is 0.0830. The number of fused-ring (bicyclic) bond motifs is 3. The number of nitrogens with zero attached hydrogens (tertiary/aromatic N) is 2. The summed E-state index contributed by atoms with van der Waals surface area (Å²) in [5, 5.41) is 2.97. The van der Waals surface area contributed by atoms with E-state index in [4.69, 9.17) is 4.74 Å². The molecule has 1 unspecified atom stereocenters. The molecule has 0 spiro atoms. The van der Waals surface area contributed by atoms with E-state index in [1.165, 1.54) is 0 Å². The average Bonchev–Trinajstić information content (AvgIpc) is 2.84. The van der Waals surface area contributed by atoms with Gasteiger partial charge < -0.3 is 14.6 Å². The Morgan fingerprint density at radius 3 is 3.20 bits per heavy atom. The zero-order chi connectivity index (χ0) is 14.1. The van der Waals surface area contributed by atoms with E-state index in [2.05, 4.69) is 21.8 Å². The van der Waals surface area contributed by atoms with Crippen molar-refractivity contribution in [1.82, 2.24) is 14.9 Å². The largest absolute Gasteiger partial charge is 0.372 e. The highest BCUT2D eigenvalue weighted by atomic mass is 16.5. The lowest BCUT2D eigenvalue weighted by Gasteiger charge is -2.14. The number of ether oxygens (including phenoxy) is 1. The third-order valence-corrected chi connectivity index (χ3v) is 3.77. The van der Waals surface area contributed by atoms with Crippen LogP contribution < -0.4 is 5.32 Å². The van der Waals surface area contributed by atoms with E-state index in [0.717, 1.165) is 29.8 Å². The number of nitrogens with one attached hydrogen (secondary N) is 1. The third kappa shape index (κ3) is 2.29. The number of benzene rings is 1. The number of amides is 1. The zero-order valence-electron chi connectivity index (χ0n) is 11.8. The maximum Gasteiger partial charge on any atom is 0.251 e. The molecule has 0 saturated heterocycles. The quantitative estimate of drug-likeness (QED) is 0.931. The Labute approximate surface area is 117 Å². The number of hydrogen-bond acceptors (Lipinski definition) is 3. The molecule has 0 aliphatic carbocycles. The fraction of sp³-hybridized carbons (Fsp3) is 0.467. The van der Waals surface area contributed by atoms with Gasteiger partial charge in [0.25, 0.3) is 5.91 Å². The molecule has 106 valence electrons. The van der Waals surface area contributed by atoms with Crippen molar-refractivity contribution in [2.75, 3.05) is 6.61 Å². The Balaban J connectivity index is 1.93. The van der Waals surface area contributed by atoms with E-state index in [-0.39, 0.29) is 11.9 Å². The minimum absolute atomic E-state index is 0.0385. The van der Waals surface area contributed by atoms with Crippen LogP contribution in [0, 0.1) is 0 Å². The Bertz CT molecular complexity index is 648. The Morgan fingerprint density at radius 2 is 2.40 bits per heavy atom. The molecule has 1 aromatic carbocycles. The number of aromatic nitrogens is 2. The van der Waals surface area contributed by atoms with Crippen LogP contribution in [0.25, 0.3) is 11.0 Å². The van der Waals surface area contributed by atoms with E-state index in [1.807, 2.05) is 25.1 Å². The predicted molar refractivity (Wildman–Crippen MR) is 76.6 cm³/mol. The van der Waals surface area contributed by atoms with Gasteiger partial charge in [-0.15, -0.1) is 0 Å². The van der Waals surface area contributed by atoms with Gasteiger partial charge in [0.15, 0.2) is 0 Å². The zero-order valence-corrected chi connectivity index (χ0v) is 11.8. The molecule has 1 aliphatic rings. The van der Waals surface area contributed by atoms with Crippen LogP contribution in [0.1, 0.15) is 36.5 Å². The highest BCUT2D eigenvalue weighted by molar-refractivity contribution is 5.97. The maximum absolute atomic E-state index is 12.1. The number of carbonyl (C=O) groups excluding carboxylic acids is 1. The number of hydrogen-bond donors (Lipinski definition) is 1. The number of rotatable bonds is 3. The van der Waals surface area contributed by atoms with Crippen LogP contribution in [-0.2, 0) is 17.9 Å². The van der Waals surface area contributed by atoms with Crippen LogP contribution in [0.5, 0.6) is 0 Å². The second-order valence-corrected chi connectivity index (χ2v) is 5.22. The molecule has 2 heterocycles. The number of imidazole rings is 1. The van der Waals surface area contributed by atoms with Crippen LogP contribution in [0.15, 0.2) is 18.2 Å². The molecule has 20 heavy (non-hydrogen) atoms. The summed E-state index contributed by atoms with van der Waals surface area (Å²) in [4.78, 5) is 16.7. The van der Waals surface area contributed by atoms with E-state index in [9.17, 15) is 4.79 Å². The van der Waals surface area contributed by atoms with Gasteiger partial charge in [0, 0.05) is 18.2 Å². The molecule has 1 aromatic heterocycles. The normalized spacial score (nSPS) is 15.9. The molecule has 1 N–H and O–H groups in total. The standard InChI is InChI=1S/C15H19N3O2/c1-3-10(2)16-15(19)11-4-5-13-12(8-11)17-14-9-20-7-6-18(13)14/h4-5,8,10H,3,6-7,9H2,1-2H3,(H,16,19). The first kappa shape index (κ1) is 13.1. The van der Waals surface area contributed by atoms with Gasteiger partial charge in [-0.25, -0.2) is 4.98 Å². The first-order chi connectivity index (χ1) is 9.69. The lowest BCUT2D eigenvalue weighted by Crippen LogP contribution is -2.31. The third-order valence-electron chi connectivity index (χ3n) is 3.77. The molecule has 0 saturated carbocycles. The van der Waals surface area contributed by atoms with Crippen molar-refractivity contribution in [3.63, 3.8) is 0 Å². The summed E-state index contributed by atoms with van der Waals surface area (Å²) in [7, 11) is 0. The van der Waals surface area contributed by atoms with Crippen molar-refractivity contribution in [2.45, 2.75) is 39.5 Å². The second-order valence-electron chi connectivity index (χ2n) is 5.22. The van der Waals surface area contributed by atoms with Crippen molar-refractivity contribution in [3.05, 3.63) is 29.6 Å². The van der Waals surface area contributed by atoms with E-state index in [1.54, 1.807) is 0 Å². The van der Waals surface area contributed by atoms with Gasteiger partial charge in [0.1, 0.15) is 12.4 Å². The van der Waals surface area contributed by atoms with E-state index >= 15 is 0 Å². The molecule has 2 aromatic rings.